The highest BCUT2D eigenvalue weighted by Gasteiger charge is 2.23. The quantitative estimate of drug-likeness (QED) is 0.213. The number of nitrogens with zero attached hydrogens (tertiary/aromatic N) is 3. The molecule has 0 radical (unpaired) electrons. The highest BCUT2D eigenvalue weighted by atomic mass is 35.5. The monoisotopic (exact) mass is 524 g/mol. The van der Waals surface area contributed by atoms with Crippen LogP contribution in [0.3, 0.4) is 0 Å². The number of benzene rings is 1. The van der Waals surface area contributed by atoms with Crippen LogP contribution in [0.4, 0.5) is 5.00 Å². The summed E-state index contributed by atoms with van der Waals surface area (Å²) >= 11 is 14.8. The van der Waals surface area contributed by atoms with E-state index in [9.17, 15) is 9.59 Å². The first kappa shape index (κ1) is 25.3. The van der Waals surface area contributed by atoms with Gasteiger partial charge in [-0.2, -0.15) is 0 Å². The van der Waals surface area contributed by atoms with Crippen LogP contribution in [-0.2, 0) is 22.5 Å². The number of thioether (sulfide) groups is 1. The van der Waals surface area contributed by atoms with Crippen molar-refractivity contribution in [3.8, 4) is 11.4 Å². The van der Waals surface area contributed by atoms with Crippen LogP contribution in [0.2, 0.25) is 10.0 Å². The van der Waals surface area contributed by atoms with Crippen LogP contribution in [0.5, 0.6) is 0 Å². The van der Waals surface area contributed by atoms with Crippen molar-refractivity contribution in [2.75, 3.05) is 18.2 Å². The predicted molar refractivity (Wildman–Crippen MR) is 135 cm³/mol. The summed E-state index contributed by atoms with van der Waals surface area (Å²) in [5.74, 6) is -0.0596. The number of nitrogens with one attached hydrogen (secondary N) is 1. The largest absolute Gasteiger partial charge is 0.465 e. The van der Waals surface area contributed by atoms with Gasteiger partial charge in [-0.1, -0.05) is 48.0 Å². The van der Waals surface area contributed by atoms with Crippen molar-refractivity contribution >= 4 is 63.2 Å². The minimum atomic E-state index is -0.462. The molecule has 1 aromatic carbocycles. The van der Waals surface area contributed by atoms with Crippen LogP contribution in [0.1, 0.15) is 27.7 Å². The second-order valence-corrected chi connectivity index (χ2v) is 9.84. The number of thiophene rings is 1. The molecule has 0 saturated heterocycles. The summed E-state index contributed by atoms with van der Waals surface area (Å²) in [5, 5.41) is 13.2. The third kappa shape index (κ3) is 5.60. The molecule has 1 amide bonds. The van der Waals surface area contributed by atoms with Crippen molar-refractivity contribution in [1.82, 2.24) is 14.8 Å². The van der Waals surface area contributed by atoms with E-state index >= 15 is 0 Å². The fourth-order valence-electron chi connectivity index (χ4n) is 3.24. The number of allylic oxidation sites excluding steroid dienone is 1. The van der Waals surface area contributed by atoms with Crippen molar-refractivity contribution in [2.24, 2.45) is 0 Å². The fraction of sp³-hybridized carbons (Fsp3) is 0.273. The summed E-state index contributed by atoms with van der Waals surface area (Å²) in [5.41, 5.74) is 2.04. The zero-order chi connectivity index (χ0) is 24.1. The lowest BCUT2D eigenvalue weighted by atomic mass is 10.1. The minimum absolute atomic E-state index is 0.0790. The van der Waals surface area contributed by atoms with E-state index < -0.39 is 5.97 Å². The van der Waals surface area contributed by atoms with Gasteiger partial charge in [-0.05, 0) is 37.1 Å². The Bertz CT molecular complexity index is 1210. The van der Waals surface area contributed by atoms with Gasteiger partial charge in [-0.25, -0.2) is 4.79 Å². The van der Waals surface area contributed by atoms with Crippen molar-refractivity contribution < 1.29 is 14.3 Å². The zero-order valence-corrected chi connectivity index (χ0v) is 21.4. The summed E-state index contributed by atoms with van der Waals surface area (Å²) in [6.07, 6.45) is 2.39. The van der Waals surface area contributed by atoms with Gasteiger partial charge in [0.1, 0.15) is 5.00 Å². The summed E-state index contributed by atoms with van der Waals surface area (Å²) in [6.45, 7) is 8.12. The van der Waals surface area contributed by atoms with Gasteiger partial charge in [0.15, 0.2) is 11.0 Å². The number of rotatable bonds is 9. The standard InChI is InChI=1S/C22H22Cl2N4O3S2/c1-5-9-28-19(13-7-8-15(23)16(24)10-13)26-27-22(28)32-11-17(29)25-20-18(21(30)31-4)14(6-2)12(3)33-20/h5,7-8,10H,1,6,9,11H2,2-4H3,(H,25,29). The molecule has 0 spiro atoms. The number of hydrogen-bond acceptors (Lipinski definition) is 7. The van der Waals surface area contributed by atoms with Gasteiger partial charge in [0, 0.05) is 17.0 Å². The van der Waals surface area contributed by atoms with Gasteiger partial charge in [-0.15, -0.1) is 28.1 Å². The van der Waals surface area contributed by atoms with Crippen LogP contribution in [-0.4, -0.2) is 39.5 Å². The first-order chi connectivity index (χ1) is 15.8. The Labute approximate surface area is 210 Å². The molecule has 0 aliphatic heterocycles. The van der Waals surface area contributed by atoms with E-state index in [4.69, 9.17) is 27.9 Å². The number of halogens is 2. The number of aryl methyl sites for hydroxylation is 1. The average Bonchev–Trinajstić information content (AvgIpc) is 3.33. The molecule has 0 aliphatic carbocycles. The number of amides is 1. The highest BCUT2D eigenvalue weighted by Crippen LogP contribution is 2.34. The lowest BCUT2D eigenvalue weighted by Crippen LogP contribution is -2.16. The Kier molecular flexibility index (Phi) is 8.58. The molecule has 2 heterocycles. The molecule has 11 heteroatoms. The van der Waals surface area contributed by atoms with E-state index in [1.54, 1.807) is 24.3 Å². The van der Waals surface area contributed by atoms with E-state index in [1.807, 2.05) is 18.4 Å². The second-order valence-electron chi connectivity index (χ2n) is 6.86. The van der Waals surface area contributed by atoms with E-state index in [0.717, 1.165) is 16.0 Å². The van der Waals surface area contributed by atoms with Crippen LogP contribution in [0.15, 0.2) is 36.0 Å². The summed E-state index contributed by atoms with van der Waals surface area (Å²) in [7, 11) is 1.33. The van der Waals surface area contributed by atoms with Gasteiger partial charge in [-0.3, -0.25) is 9.36 Å². The summed E-state index contributed by atoms with van der Waals surface area (Å²) in [4.78, 5) is 25.9. The number of esters is 1. The number of methoxy groups -OCH3 is 1. The Hall–Kier alpha value is -2.33. The third-order valence-corrected chi connectivity index (χ3v) is 7.51. The SMILES string of the molecule is C=CCn1c(SCC(=O)Nc2sc(C)c(CC)c2C(=O)OC)nnc1-c1ccc(Cl)c(Cl)c1. The Morgan fingerprint density at radius 2 is 2.06 bits per heavy atom. The number of anilines is 1. The summed E-state index contributed by atoms with van der Waals surface area (Å²) in [6, 6.07) is 5.21. The molecule has 0 atom stereocenters. The Morgan fingerprint density at radius 3 is 2.70 bits per heavy atom. The summed E-state index contributed by atoms with van der Waals surface area (Å²) < 4.78 is 6.75. The molecule has 7 nitrogen and oxygen atoms in total. The van der Waals surface area contributed by atoms with Gasteiger partial charge in [0.05, 0.1) is 28.5 Å². The lowest BCUT2D eigenvalue weighted by molar-refractivity contribution is -0.113. The van der Waals surface area contributed by atoms with Gasteiger partial charge in [0.25, 0.3) is 0 Å². The van der Waals surface area contributed by atoms with E-state index in [0.29, 0.717) is 44.6 Å². The molecule has 0 unspecified atom stereocenters. The van der Waals surface area contributed by atoms with Crippen LogP contribution in [0.25, 0.3) is 11.4 Å². The molecule has 174 valence electrons. The van der Waals surface area contributed by atoms with Crippen molar-refractivity contribution in [3.05, 3.63) is 56.9 Å². The number of hydrogen-bond donors (Lipinski definition) is 1. The maximum atomic E-state index is 12.7. The maximum absolute atomic E-state index is 12.7. The molecule has 33 heavy (non-hydrogen) atoms. The van der Waals surface area contributed by atoms with Crippen LogP contribution >= 0.6 is 46.3 Å². The lowest BCUT2D eigenvalue weighted by Gasteiger charge is -2.09. The molecule has 0 fully saturated rings. The zero-order valence-electron chi connectivity index (χ0n) is 18.3. The molecule has 0 saturated carbocycles. The highest BCUT2D eigenvalue weighted by molar-refractivity contribution is 7.99. The van der Waals surface area contributed by atoms with Crippen molar-refractivity contribution in [2.45, 2.75) is 32.0 Å². The minimum Gasteiger partial charge on any atom is -0.465 e. The molecule has 3 aromatic rings. The van der Waals surface area contributed by atoms with Gasteiger partial charge >= 0.3 is 5.97 Å². The normalized spacial score (nSPS) is 10.8. The van der Waals surface area contributed by atoms with Crippen LogP contribution < -0.4 is 5.32 Å². The van der Waals surface area contributed by atoms with Crippen LogP contribution in [0, 0.1) is 6.92 Å². The van der Waals surface area contributed by atoms with Crippen molar-refractivity contribution in [3.63, 3.8) is 0 Å². The number of carbonyl (C=O) groups is 2. The first-order valence-electron chi connectivity index (χ1n) is 9.93. The molecule has 2 aromatic heterocycles. The molecule has 3 rings (SSSR count). The Morgan fingerprint density at radius 1 is 1.30 bits per heavy atom. The van der Waals surface area contributed by atoms with E-state index in [2.05, 4.69) is 22.1 Å². The molecular formula is C22H22Cl2N4O3S2. The molecule has 1 N–H and O–H groups in total. The molecule has 0 aliphatic rings. The fourth-order valence-corrected chi connectivity index (χ4v) is 5.44. The number of carbonyl (C=O) groups excluding carboxylic acids is 2. The molecular weight excluding hydrogens is 503 g/mol. The molecule has 0 bridgehead atoms. The maximum Gasteiger partial charge on any atom is 0.341 e. The first-order valence-corrected chi connectivity index (χ1v) is 12.5. The predicted octanol–water partition coefficient (Wildman–Crippen LogP) is 5.89. The topological polar surface area (TPSA) is 86.1 Å². The smallest absolute Gasteiger partial charge is 0.341 e. The van der Waals surface area contributed by atoms with E-state index in [1.165, 1.54) is 30.2 Å². The van der Waals surface area contributed by atoms with E-state index in [-0.39, 0.29) is 11.7 Å². The van der Waals surface area contributed by atoms with Gasteiger partial charge in [0.2, 0.25) is 5.91 Å². The average molecular weight is 525 g/mol. The Balaban J connectivity index is 1.78. The van der Waals surface area contributed by atoms with Gasteiger partial charge < -0.3 is 10.1 Å². The second kappa shape index (κ2) is 11.2. The van der Waals surface area contributed by atoms with Crippen molar-refractivity contribution in [1.29, 1.82) is 0 Å². The third-order valence-electron chi connectivity index (χ3n) is 4.74. The number of aromatic nitrogens is 3. The number of ether oxygens (including phenoxy) is 1.